The molecule has 6 heteroatoms. The average Bonchev–Trinajstić information content (AvgIpc) is 2.39. The van der Waals surface area contributed by atoms with E-state index >= 15 is 0 Å². The van der Waals surface area contributed by atoms with Gasteiger partial charge in [0, 0.05) is 6.54 Å². The van der Waals surface area contributed by atoms with Crippen molar-refractivity contribution in [3.8, 4) is 0 Å². The Labute approximate surface area is 111 Å². The molecule has 2 amide bonds. The van der Waals surface area contributed by atoms with Gasteiger partial charge in [-0.15, -0.1) is 0 Å². The standard InChI is InChI=1S/C13H17FN2O3/c1-2-9-19-12(17)7-8-15-13(18)16-11-6-4-3-5-10(11)14/h3-6H,2,7-9H2,1H3,(H2,15,16,18). The SMILES string of the molecule is CCCOC(=O)CCNC(=O)Nc1ccccc1F. The van der Waals surface area contributed by atoms with E-state index < -0.39 is 11.8 Å². The van der Waals surface area contributed by atoms with Gasteiger partial charge in [-0.25, -0.2) is 9.18 Å². The maximum Gasteiger partial charge on any atom is 0.319 e. The van der Waals surface area contributed by atoms with Crippen LogP contribution >= 0.6 is 0 Å². The molecule has 2 N–H and O–H groups in total. The Kier molecular flexibility index (Phi) is 6.35. The summed E-state index contributed by atoms with van der Waals surface area (Å²) in [6.45, 7) is 2.41. The lowest BCUT2D eigenvalue weighted by molar-refractivity contribution is -0.143. The predicted molar refractivity (Wildman–Crippen MR) is 69.3 cm³/mol. The Morgan fingerprint density at radius 2 is 2.05 bits per heavy atom. The third kappa shape index (κ3) is 5.85. The number of hydrogen-bond acceptors (Lipinski definition) is 3. The van der Waals surface area contributed by atoms with E-state index in [1.165, 1.54) is 18.2 Å². The zero-order chi connectivity index (χ0) is 14.1. The number of nitrogens with one attached hydrogen (secondary N) is 2. The molecule has 0 bridgehead atoms. The highest BCUT2D eigenvalue weighted by atomic mass is 19.1. The summed E-state index contributed by atoms with van der Waals surface area (Å²) in [5.74, 6) is -0.881. The van der Waals surface area contributed by atoms with Gasteiger partial charge in [-0.1, -0.05) is 19.1 Å². The number of hydrogen-bond donors (Lipinski definition) is 2. The molecular formula is C13H17FN2O3. The lowest BCUT2D eigenvalue weighted by atomic mass is 10.3. The first-order valence-corrected chi connectivity index (χ1v) is 6.08. The molecule has 0 unspecified atom stereocenters. The maximum absolute atomic E-state index is 13.2. The zero-order valence-electron chi connectivity index (χ0n) is 10.7. The van der Waals surface area contributed by atoms with Crippen molar-refractivity contribution in [1.29, 1.82) is 0 Å². The minimum absolute atomic E-state index is 0.0880. The van der Waals surface area contributed by atoms with E-state index in [-0.39, 0.29) is 24.6 Å². The highest BCUT2D eigenvalue weighted by Gasteiger charge is 2.07. The topological polar surface area (TPSA) is 67.4 Å². The predicted octanol–water partition coefficient (Wildman–Crippen LogP) is 2.29. The number of halogens is 1. The monoisotopic (exact) mass is 268 g/mol. The molecule has 0 saturated heterocycles. The van der Waals surface area contributed by atoms with E-state index in [0.29, 0.717) is 6.61 Å². The number of ether oxygens (including phenoxy) is 1. The second-order valence-corrected chi connectivity index (χ2v) is 3.83. The van der Waals surface area contributed by atoms with Crippen LogP contribution in [0.5, 0.6) is 0 Å². The van der Waals surface area contributed by atoms with Crippen LogP contribution in [0.4, 0.5) is 14.9 Å². The lowest BCUT2D eigenvalue weighted by Crippen LogP contribution is -2.31. The summed E-state index contributed by atoms with van der Waals surface area (Å²) in [5, 5.41) is 4.80. The molecule has 0 aliphatic rings. The van der Waals surface area contributed by atoms with Crippen LogP contribution < -0.4 is 10.6 Å². The maximum atomic E-state index is 13.2. The van der Waals surface area contributed by atoms with E-state index in [2.05, 4.69) is 10.6 Å². The number of esters is 1. The van der Waals surface area contributed by atoms with Crippen LogP contribution in [0.15, 0.2) is 24.3 Å². The molecular weight excluding hydrogens is 251 g/mol. The normalized spacial score (nSPS) is 9.79. The van der Waals surface area contributed by atoms with Gasteiger partial charge >= 0.3 is 12.0 Å². The first-order valence-electron chi connectivity index (χ1n) is 6.08. The van der Waals surface area contributed by atoms with Crippen molar-refractivity contribution in [2.24, 2.45) is 0 Å². The highest BCUT2D eigenvalue weighted by Crippen LogP contribution is 2.11. The Morgan fingerprint density at radius 3 is 2.74 bits per heavy atom. The van der Waals surface area contributed by atoms with Gasteiger partial charge in [-0.3, -0.25) is 4.79 Å². The van der Waals surface area contributed by atoms with Crippen molar-refractivity contribution in [1.82, 2.24) is 5.32 Å². The second kappa shape index (κ2) is 8.07. The number of benzene rings is 1. The van der Waals surface area contributed by atoms with Crippen LogP contribution in [-0.4, -0.2) is 25.2 Å². The molecule has 1 aromatic carbocycles. The number of amides is 2. The zero-order valence-corrected chi connectivity index (χ0v) is 10.7. The third-order valence-corrected chi connectivity index (χ3v) is 2.20. The van der Waals surface area contributed by atoms with Crippen LogP contribution in [0.3, 0.4) is 0 Å². The summed E-state index contributed by atoms with van der Waals surface area (Å²) in [5.41, 5.74) is 0.0913. The Bertz CT molecular complexity index is 438. The van der Waals surface area contributed by atoms with E-state index in [4.69, 9.17) is 4.74 Å². The van der Waals surface area contributed by atoms with Crippen LogP contribution in [0.25, 0.3) is 0 Å². The number of carbonyl (C=O) groups excluding carboxylic acids is 2. The molecule has 0 aliphatic carbocycles. The average molecular weight is 268 g/mol. The molecule has 0 saturated carbocycles. The quantitative estimate of drug-likeness (QED) is 0.778. The van der Waals surface area contributed by atoms with Crippen LogP contribution in [0, 0.1) is 5.82 Å². The molecule has 5 nitrogen and oxygen atoms in total. The van der Waals surface area contributed by atoms with Crippen LogP contribution in [0.2, 0.25) is 0 Å². The molecule has 0 radical (unpaired) electrons. The molecule has 0 heterocycles. The van der Waals surface area contributed by atoms with Crippen molar-refractivity contribution < 1.29 is 18.7 Å². The summed E-state index contributed by atoms with van der Waals surface area (Å²) >= 11 is 0. The number of anilines is 1. The summed E-state index contributed by atoms with van der Waals surface area (Å²) in [4.78, 5) is 22.6. The fourth-order valence-corrected chi connectivity index (χ4v) is 1.30. The number of urea groups is 1. The molecule has 19 heavy (non-hydrogen) atoms. The largest absolute Gasteiger partial charge is 0.466 e. The van der Waals surface area contributed by atoms with Crippen molar-refractivity contribution in [2.75, 3.05) is 18.5 Å². The molecule has 104 valence electrons. The number of carbonyl (C=O) groups is 2. The first kappa shape index (κ1) is 14.9. The molecule has 0 atom stereocenters. The number of rotatable bonds is 6. The molecule has 0 spiro atoms. The summed E-state index contributed by atoms with van der Waals surface area (Å²) in [6.07, 6.45) is 0.845. The highest BCUT2D eigenvalue weighted by molar-refractivity contribution is 5.89. The van der Waals surface area contributed by atoms with Crippen molar-refractivity contribution in [3.63, 3.8) is 0 Å². The van der Waals surface area contributed by atoms with Crippen molar-refractivity contribution in [2.45, 2.75) is 19.8 Å². The third-order valence-electron chi connectivity index (χ3n) is 2.20. The van der Waals surface area contributed by atoms with Gasteiger partial charge < -0.3 is 15.4 Å². The Balaban J connectivity index is 2.25. The summed E-state index contributed by atoms with van der Waals surface area (Å²) in [7, 11) is 0. The molecule has 0 aliphatic heterocycles. The smallest absolute Gasteiger partial charge is 0.319 e. The van der Waals surface area contributed by atoms with E-state index in [9.17, 15) is 14.0 Å². The molecule has 0 aromatic heterocycles. The van der Waals surface area contributed by atoms with Gasteiger partial charge in [0.1, 0.15) is 5.82 Å². The van der Waals surface area contributed by atoms with Crippen LogP contribution in [-0.2, 0) is 9.53 Å². The number of para-hydroxylation sites is 1. The second-order valence-electron chi connectivity index (χ2n) is 3.83. The molecule has 1 rings (SSSR count). The van der Waals surface area contributed by atoms with Gasteiger partial charge in [0.2, 0.25) is 0 Å². The Hall–Kier alpha value is -2.11. The fraction of sp³-hybridized carbons (Fsp3) is 0.385. The Morgan fingerprint density at radius 1 is 1.32 bits per heavy atom. The van der Waals surface area contributed by atoms with E-state index in [1.54, 1.807) is 6.07 Å². The van der Waals surface area contributed by atoms with Crippen molar-refractivity contribution in [3.05, 3.63) is 30.1 Å². The minimum atomic E-state index is -0.562. The van der Waals surface area contributed by atoms with Crippen molar-refractivity contribution >= 4 is 17.7 Å². The minimum Gasteiger partial charge on any atom is -0.466 e. The first-order chi connectivity index (χ1) is 9.13. The van der Waals surface area contributed by atoms with Gasteiger partial charge in [0.15, 0.2) is 0 Å². The van der Waals surface area contributed by atoms with Gasteiger partial charge in [-0.05, 0) is 18.6 Å². The van der Waals surface area contributed by atoms with E-state index in [0.717, 1.165) is 6.42 Å². The summed E-state index contributed by atoms with van der Waals surface area (Å²) < 4.78 is 18.1. The van der Waals surface area contributed by atoms with Gasteiger partial charge in [0.25, 0.3) is 0 Å². The van der Waals surface area contributed by atoms with Gasteiger partial charge in [0.05, 0.1) is 18.7 Å². The van der Waals surface area contributed by atoms with Crippen LogP contribution in [0.1, 0.15) is 19.8 Å². The van der Waals surface area contributed by atoms with Gasteiger partial charge in [-0.2, -0.15) is 0 Å². The molecule has 1 aromatic rings. The lowest BCUT2D eigenvalue weighted by Gasteiger charge is -2.08. The summed E-state index contributed by atoms with van der Waals surface area (Å²) in [6, 6.07) is 5.28. The van der Waals surface area contributed by atoms with E-state index in [1.807, 2.05) is 6.92 Å². The molecule has 0 fully saturated rings. The fourth-order valence-electron chi connectivity index (χ4n) is 1.30.